The van der Waals surface area contributed by atoms with Crippen LogP contribution < -0.4 is 11.3 Å². The Morgan fingerprint density at radius 3 is 2.72 bits per heavy atom. The SMILES string of the molecule is CCCC(OCC)C(NN)c1ccnn1CCC. The number of nitrogens with zero attached hydrogens (tertiary/aromatic N) is 2. The second-order valence-corrected chi connectivity index (χ2v) is 4.41. The van der Waals surface area contributed by atoms with E-state index in [1.165, 1.54) is 0 Å². The van der Waals surface area contributed by atoms with Crippen molar-refractivity contribution in [1.29, 1.82) is 0 Å². The van der Waals surface area contributed by atoms with Crippen molar-refractivity contribution in [3.8, 4) is 0 Å². The van der Waals surface area contributed by atoms with E-state index in [0.717, 1.165) is 31.5 Å². The predicted octanol–water partition coefficient (Wildman–Crippen LogP) is 2.00. The lowest BCUT2D eigenvalue weighted by molar-refractivity contribution is 0.0253. The zero-order valence-corrected chi connectivity index (χ0v) is 11.7. The maximum absolute atomic E-state index is 5.81. The molecule has 0 aliphatic carbocycles. The van der Waals surface area contributed by atoms with Crippen molar-refractivity contribution in [2.75, 3.05) is 6.61 Å². The molecular weight excluding hydrogens is 228 g/mol. The molecule has 3 N–H and O–H groups in total. The number of hydrogen-bond donors (Lipinski definition) is 2. The lowest BCUT2D eigenvalue weighted by atomic mass is 10.0. The molecule has 0 saturated carbocycles. The normalized spacial score (nSPS) is 14.7. The second kappa shape index (κ2) is 8.24. The average Bonchev–Trinajstić information content (AvgIpc) is 2.80. The Hall–Kier alpha value is -0.910. The van der Waals surface area contributed by atoms with Crippen LogP contribution in [0.15, 0.2) is 12.3 Å². The fraction of sp³-hybridized carbons (Fsp3) is 0.769. The maximum Gasteiger partial charge on any atom is 0.0890 e. The number of hydrazine groups is 1. The number of aryl methyl sites for hydroxylation is 1. The number of nitrogens with one attached hydrogen (secondary N) is 1. The molecule has 1 rings (SSSR count). The van der Waals surface area contributed by atoms with Crippen LogP contribution in [0.5, 0.6) is 0 Å². The molecule has 1 aromatic rings. The van der Waals surface area contributed by atoms with E-state index in [1.54, 1.807) is 0 Å². The summed E-state index contributed by atoms with van der Waals surface area (Å²) in [6.45, 7) is 7.92. The van der Waals surface area contributed by atoms with E-state index in [2.05, 4.69) is 24.4 Å². The first-order valence-electron chi connectivity index (χ1n) is 6.87. The Kier molecular flexibility index (Phi) is 6.93. The van der Waals surface area contributed by atoms with Gasteiger partial charge in [-0.05, 0) is 25.8 Å². The van der Waals surface area contributed by atoms with Gasteiger partial charge in [-0.1, -0.05) is 20.3 Å². The summed E-state index contributed by atoms with van der Waals surface area (Å²) in [6, 6.07) is 2.01. The molecule has 0 amide bonds. The molecule has 18 heavy (non-hydrogen) atoms. The Labute approximate surface area is 110 Å². The van der Waals surface area contributed by atoms with Gasteiger partial charge in [-0.2, -0.15) is 5.10 Å². The van der Waals surface area contributed by atoms with Crippen molar-refractivity contribution in [2.45, 2.75) is 58.7 Å². The van der Waals surface area contributed by atoms with Gasteiger partial charge in [0.25, 0.3) is 0 Å². The molecule has 0 spiro atoms. The van der Waals surface area contributed by atoms with Crippen LogP contribution in [-0.4, -0.2) is 22.5 Å². The van der Waals surface area contributed by atoms with Crippen LogP contribution in [0.3, 0.4) is 0 Å². The van der Waals surface area contributed by atoms with Gasteiger partial charge in [0, 0.05) is 19.3 Å². The number of hydrogen-bond acceptors (Lipinski definition) is 4. The monoisotopic (exact) mass is 254 g/mol. The highest BCUT2D eigenvalue weighted by Gasteiger charge is 2.24. The summed E-state index contributed by atoms with van der Waals surface area (Å²) >= 11 is 0. The summed E-state index contributed by atoms with van der Waals surface area (Å²) < 4.78 is 7.81. The topological polar surface area (TPSA) is 65.1 Å². The molecule has 2 unspecified atom stereocenters. The zero-order valence-electron chi connectivity index (χ0n) is 11.7. The van der Waals surface area contributed by atoms with Gasteiger partial charge < -0.3 is 4.74 Å². The minimum absolute atomic E-state index is 0.000972. The third-order valence-corrected chi connectivity index (χ3v) is 3.01. The van der Waals surface area contributed by atoms with Gasteiger partial charge in [-0.15, -0.1) is 0 Å². The fourth-order valence-corrected chi connectivity index (χ4v) is 2.23. The van der Waals surface area contributed by atoms with E-state index < -0.39 is 0 Å². The third kappa shape index (κ3) is 3.80. The van der Waals surface area contributed by atoms with Crippen LogP contribution in [-0.2, 0) is 11.3 Å². The van der Waals surface area contributed by atoms with Crippen LogP contribution in [0.25, 0.3) is 0 Å². The van der Waals surface area contributed by atoms with E-state index in [-0.39, 0.29) is 12.1 Å². The quantitative estimate of drug-likeness (QED) is 0.522. The lowest BCUT2D eigenvalue weighted by Crippen LogP contribution is -2.39. The van der Waals surface area contributed by atoms with E-state index in [4.69, 9.17) is 10.6 Å². The molecule has 1 aromatic heterocycles. The van der Waals surface area contributed by atoms with Crippen molar-refractivity contribution in [2.24, 2.45) is 5.84 Å². The van der Waals surface area contributed by atoms with E-state index >= 15 is 0 Å². The second-order valence-electron chi connectivity index (χ2n) is 4.41. The minimum Gasteiger partial charge on any atom is -0.376 e. The molecular formula is C13H26N4O. The molecule has 0 aliphatic rings. The Balaban J connectivity index is 2.87. The molecule has 0 bridgehead atoms. The molecule has 5 nitrogen and oxygen atoms in total. The van der Waals surface area contributed by atoms with Gasteiger partial charge in [0.1, 0.15) is 0 Å². The molecule has 104 valence electrons. The molecule has 2 atom stereocenters. The molecule has 0 aromatic carbocycles. The van der Waals surface area contributed by atoms with Crippen molar-refractivity contribution in [3.05, 3.63) is 18.0 Å². The van der Waals surface area contributed by atoms with Crippen molar-refractivity contribution in [3.63, 3.8) is 0 Å². The van der Waals surface area contributed by atoms with Crippen LogP contribution in [0, 0.1) is 0 Å². The summed E-state index contributed by atoms with van der Waals surface area (Å²) in [5.41, 5.74) is 3.99. The molecule has 0 fully saturated rings. The van der Waals surface area contributed by atoms with Crippen LogP contribution >= 0.6 is 0 Å². The highest BCUT2D eigenvalue weighted by Crippen LogP contribution is 2.22. The van der Waals surface area contributed by atoms with Gasteiger partial charge >= 0.3 is 0 Å². The fourth-order valence-electron chi connectivity index (χ4n) is 2.23. The van der Waals surface area contributed by atoms with Crippen LogP contribution in [0.4, 0.5) is 0 Å². The van der Waals surface area contributed by atoms with Gasteiger partial charge in [-0.3, -0.25) is 10.5 Å². The summed E-state index contributed by atoms with van der Waals surface area (Å²) in [7, 11) is 0. The number of aromatic nitrogens is 2. The van der Waals surface area contributed by atoms with Crippen molar-refractivity contribution < 1.29 is 4.74 Å². The van der Waals surface area contributed by atoms with Gasteiger partial charge in [0.15, 0.2) is 0 Å². The molecule has 0 saturated heterocycles. The molecule has 5 heteroatoms. The zero-order chi connectivity index (χ0) is 13.4. The number of rotatable bonds is 9. The van der Waals surface area contributed by atoms with E-state index in [0.29, 0.717) is 6.61 Å². The lowest BCUT2D eigenvalue weighted by Gasteiger charge is -2.26. The highest BCUT2D eigenvalue weighted by atomic mass is 16.5. The van der Waals surface area contributed by atoms with Gasteiger partial charge in [-0.25, -0.2) is 5.43 Å². The summed E-state index contributed by atoms with van der Waals surface area (Å²) in [4.78, 5) is 0. The summed E-state index contributed by atoms with van der Waals surface area (Å²) in [6.07, 6.45) is 5.03. The Morgan fingerprint density at radius 1 is 1.39 bits per heavy atom. The van der Waals surface area contributed by atoms with E-state index in [1.807, 2.05) is 23.9 Å². The summed E-state index contributed by atoms with van der Waals surface area (Å²) in [5, 5.41) is 4.34. The van der Waals surface area contributed by atoms with Crippen LogP contribution in [0.2, 0.25) is 0 Å². The first-order chi connectivity index (χ1) is 8.78. The highest BCUT2D eigenvalue weighted by molar-refractivity contribution is 5.09. The summed E-state index contributed by atoms with van der Waals surface area (Å²) in [5.74, 6) is 5.72. The first-order valence-corrected chi connectivity index (χ1v) is 6.87. The number of ether oxygens (including phenoxy) is 1. The Bertz CT molecular complexity index is 321. The van der Waals surface area contributed by atoms with Gasteiger partial charge in [0.05, 0.1) is 17.8 Å². The van der Waals surface area contributed by atoms with Crippen LogP contribution in [0.1, 0.15) is 51.8 Å². The van der Waals surface area contributed by atoms with Crippen molar-refractivity contribution in [1.82, 2.24) is 15.2 Å². The maximum atomic E-state index is 5.81. The van der Waals surface area contributed by atoms with Gasteiger partial charge in [0.2, 0.25) is 0 Å². The first kappa shape index (κ1) is 15.1. The predicted molar refractivity (Wildman–Crippen MR) is 72.9 cm³/mol. The smallest absolute Gasteiger partial charge is 0.0890 e. The molecule has 0 aliphatic heterocycles. The standard InChI is InChI=1S/C13H26N4O/c1-4-7-12(18-6-3)13(16-14)11-8-9-15-17(11)10-5-2/h8-9,12-13,16H,4-7,10,14H2,1-3H3. The largest absolute Gasteiger partial charge is 0.376 e. The van der Waals surface area contributed by atoms with Crippen molar-refractivity contribution >= 4 is 0 Å². The average molecular weight is 254 g/mol. The molecule has 0 radical (unpaired) electrons. The van der Waals surface area contributed by atoms with E-state index in [9.17, 15) is 0 Å². The third-order valence-electron chi connectivity index (χ3n) is 3.01. The minimum atomic E-state index is -0.000972. The number of nitrogens with two attached hydrogens (primary N) is 1. The molecule has 1 heterocycles. The Morgan fingerprint density at radius 2 is 2.17 bits per heavy atom.